The van der Waals surface area contributed by atoms with Crippen LogP contribution in [-0.4, -0.2) is 55.9 Å². The smallest absolute Gasteiger partial charge is 0.336 e. The van der Waals surface area contributed by atoms with Crippen LogP contribution in [-0.2, 0) is 9.53 Å². The molecule has 0 radical (unpaired) electrons. The summed E-state index contributed by atoms with van der Waals surface area (Å²) in [4.78, 5) is 22.9. The molecule has 0 heterocycles. The molecule has 0 rings (SSSR count). The predicted molar refractivity (Wildman–Crippen MR) is 45.1 cm³/mol. The minimum Gasteiger partial charge on any atom is -0.467 e. The first-order valence-corrected chi connectivity index (χ1v) is 3.70. The summed E-state index contributed by atoms with van der Waals surface area (Å²) in [6.45, 7) is -0.149. The summed E-state index contributed by atoms with van der Waals surface area (Å²) in [6, 6.07) is -0.372. The van der Waals surface area contributed by atoms with Crippen LogP contribution in [0.1, 0.15) is 0 Å². The molecular weight excluding hydrogens is 176 g/mol. The van der Waals surface area contributed by atoms with Gasteiger partial charge in [0.05, 0.1) is 13.7 Å². The van der Waals surface area contributed by atoms with Crippen molar-refractivity contribution < 1.29 is 19.4 Å². The third-order valence-corrected chi connectivity index (χ3v) is 1.33. The van der Waals surface area contributed by atoms with E-state index in [0.29, 0.717) is 0 Å². The van der Waals surface area contributed by atoms with E-state index in [9.17, 15) is 9.59 Å². The topological polar surface area (TPSA) is 78.9 Å². The molecule has 0 aliphatic carbocycles. The SMILES string of the molecule is COC(=O)C(O)CNC(=O)N(C)C. The zero-order valence-electron chi connectivity index (χ0n) is 7.90. The maximum absolute atomic E-state index is 10.9. The number of hydrogen-bond donors (Lipinski definition) is 2. The lowest BCUT2D eigenvalue weighted by Crippen LogP contribution is -2.41. The van der Waals surface area contributed by atoms with E-state index in [4.69, 9.17) is 5.11 Å². The second-order valence-electron chi connectivity index (χ2n) is 2.62. The third kappa shape index (κ3) is 4.32. The Balaban J connectivity index is 3.76. The number of nitrogens with one attached hydrogen (secondary N) is 1. The van der Waals surface area contributed by atoms with Crippen LogP contribution in [0.15, 0.2) is 0 Å². The molecule has 0 aromatic carbocycles. The fraction of sp³-hybridized carbons (Fsp3) is 0.714. The summed E-state index contributed by atoms with van der Waals surface area (Å²) < 4.78 is 4.25. The number of carbonyl (C=O) groups excluding carboxylic acids is 2. The van der Waals surface area contributed by atoms with E-state index in [2.05, 4.69) is 10.1 Å². The van der Waals surface area contributed by atoms with E-state index in [0.717, 1.165) is 0 Å². The summed E-state index contributed by atoms with van der Waals surface area (Å²) in [5.41, 5.74) is 0. The molecule has 0 fully saturated rings. The highest BCUT2D eigenvalue weighted by molar-refractivity contribution is 5.77. The highest BCUT2D eigenvalue weighted by Gasteiger charge is 2.16. The summed E-state index contributed by atoms with van der Waals surface area (Å²) in [7, 11) is 4.28. The van der Waals surface area contributed by atoms with Gasteiger partial charge in [0, 0.05) is 14.1 Å². The number of aliphatic hydroxyl groups is 1. The van der Waals surface area contributed by atoms with Gasteiger partial charge in [-0.25, -0.2) is 9.59 Å². The Kier molecular flexibility index (Phi) is 4.83. The Labute approximate surface area is 76.5 Å². The Hall–Kier alpha value is -1.30. The van der Waals surface area contributed by atoms with E-state index in [-0.39, 0.29) is 12.6 Å². The van der Waals surface area contributed by atoms with Gasteiger partial charge in [-0.05, 0) is 0 Å². The third-order valence-electron chi connectivity index (χ3n) is 1.33. The van der Waals surface area contributed by atoms with Crippen molar-refractivity contribution in [3.8, 4) is 0 Å². The highest BCUT2D eigenvalue weighted by Crippen LogP contribution is 1.85. The molecule has 0 aliphatic heterocycles. The van der Waals surface area contributed by atoms with Crippen molar-refractivity contribution in [1.82, 2.24) is 10.2 Å². The molecular formula is C7H14N2O4. The molecule has 13 heavy (non-hydrogen) atoms. The first-order valence-electron chi connectivity index (χ1n) is 3.70. The molecule has 6 heteroatoms. The Morgan fingerprint density at radius 1 is 1.54 bits per heavy atom. The van der Waals surface area contributed by atoms with Crippen LogP contribution in [0.3, 0.4) is 0 Å². The van der Waals surface area contributed by atoms with Crippen LogP contribution in [0.4, 0.5) is 4.79 Å². The number of urea groups is 1. The van der Waals surface area contributed by atoms with Gasteiger partial charge < -0.3 is 20.1 Å². The minimum absolute atomic E-state index is 0.149. The largest absolute Gasteiger partial charge is 0.467 e. The summed E-state index contributed by atoms with van der Waals surface area (Å²) in [5, 5.41) is 11.4. The number of rotatable bonds is 3. The molecule has 0 aromatic rings. The van der Waals surface area contributed by atoms with Gasteiger partial charge in [-0.1, -0.05) is 0 Å². The lowest BCUT2D eigenvalue weighted by Gasteiger charge is -2.13. The first kappa shape index (κ1) is 11.7. The fourth-order valence-corrected chi connectivity index (χ4v) is 0.561. The molecule has 76 valence electrons. The number of hydrogen-bond acceptors (Lipinski definition) is 4. The van der Waals surface area contributed by atoms with Gasteiger partial charge >= 0.3 is 12.0 Å². The number of nitrogens with zero attached hydrogens (tertiary/aromatic N) is 1. The molecule has 0 saturated carbocycles. The van der Waals surface area contributed by atoms with Gasteiger partial charge in [0.2, 0.25) is 0 Å². The van der Waals surface area contributed by atoms with Crippen LogP contribution in [0, 0.1) is 0 Å². The van der Waals surface area contributed by atoms with Crippen LogP contribution in [0.2, 0.25) is 0 Å². The van der Waals surface area contributed by atoms with Gasteiger partial charge in [-0.15, -0.1) is 0 Å². The molecule has 0 saturated heterocycles. The normalized spacial score (nSPS) is 11.7. The van der Waals surface area contributed by atoms with Crippen molar-refractivity contribution >= 4 is 12.0 Å². The maximum Gasteiger partial charge on any atom is 0.336 e. The van der Waals surface area contributed by atoms with Crippen molar-refractivity contribution in [2.45, 2.75) is 6.10 Å². The quantitative estimate of drug-likeness (QED) is 0.547. The molecule has 1 unspecified atom stereocenters. The predicted octanol–water partition coefficient (Wildman–Crippen LogP) is -1.21. The zero-order chi connectivity index (χ0) is 10.4. The summed E-state index contributed by atoms with van der Waals surface area (Å²) in [6.07, 6.45) is -1.31. The van der Waals surface area contributed by atoms with Gasteiger partial charge in [0.15, 0.2) is 6.10 Å². The number of ether oxygens (including phenoxy) is 1. The second-order valence-corrected chi connectivity index (χ2v) is 2.62. The van der Waals surface area contributed by atoms with Crippen LogP contribution in [0.25, 0.3) is 0 Å². The lowest BCUT2D eigenvalue weighted by atomic mass is 10.3. The average molecular weight is 190 g/mol. The molecule has 0 aromatic heterocycles. The van der Waals surface area contributed by atoms with Gasteiger partial charge in [0.1, 0.15) is 0 Å². The highest BCUT2D eigenvalue weighted by atomic mass is 16.5. The van der Waals surface area contributed by atoms with E-state index in [1.807, 2.05) is 0 Å². The fourth-order valence-electron chi connectivity index (χ4n) is 0.561. The maximum atomic E-state index is 10.9. The number of esters is 1. The number of carbonyl (C=O) groups is 2. The lowest BCUT2D eigenvalue weighted by molar-refractivity contribution is -0.149. The zero-order valence-corrected chi connectivity index (χ0v) is 7.90. The summed E-state index contributed by atoms with van der Waals surface area (Å²) >= 11 is 0. The number of methoxy groups -OCH3 is 1. The van der Waals surface area contributed by atoms with Crippen LogP contribution < -0.4 is 5.32 Å². The summed E-state index contributed by atoms with van der Waals surface area (Å²) in [5.74, 6) is -0.765. The second kappa shape index (κ2) is 5.36. The van der Waals surface area contributed by atoms with Gasteiger partial charge in [0.25, 0.3) is 0 Å². The van der Waals surface area contributed by atoms with Gasteiger partial charge in [-0.2, -0.15) is 0 Å². The van der Waals surface area contributed by atoms with E-state index < -0.39 is 12.1 Å². The van der Waals surface area contributed by atoms with Crippen molar-refractivity contribution in [3.05, 3.63) is 0 Å². The molecule has 0 spiro atoms. The Bertz CT molecular complexity index is 193. The average Bonchev–Trinajstić information content (AvgIpc) is 2.11. The molecule has 2 amide bonds. The number of amides is 2. The molecule has 1 atom stereocenters. The van der Waals surface area contributed by atoms with E-state index in [1.54, 1.807) is 14.1 Å². The molecule has 2 N–H and O–H groups in total. The molecule has 6 nitrogen and oxygen atoms in total. The molecule has 0 aliphatic rings. The van der Waals surface area contributed by atoms with Crippen molar-refractivity contribution in [2.75, 3.05) is 27.7 Å². The van der Waals surface area contributed by atoms with Crippen molar-refractivity contribution in [1.29, 1.82) is 0 Å². The molecule has 0 bridgehead atoms. The van der Waals surface area contributed by atoms with Gasteiger partial charge in [-0.3, -0.25) is 0 Å². The first-order chi connectivity index (χ1) is 5.99. The minimum atomic E-state index is -1.31. The van der Waals surface area contributed by atoms with E-state index >= 15 is 0 Å². The Morgan fingerprint density at radius 3 is 2.46 bits per heavy atom. The van der Waals surface area contributed by atoms with Crippen molar-refractivity contribution in [3.63, 3.8) is 0 Å². The number of aliphatic hydroxyl groups excluding tert-OH is 1. The monoisotopic (exact) mass is 190 g/mol. The van der Waals surface area contributed by atoms with Crippen molar-refractivity contribution in [2.24, 2.45) is 0 Å². The van der Waals surface area contributed by atoms with Crippen LogP contribution >= 0.6 is 0 Å². The van der Waals surface area contributed by atoms with Crippen LogP contribution in [0.5, 0.6) is 0 Å². The van der Waals surface area contributed by atoms with E-state index in [1.165, 1.54) is 12.0 Å². The standard InChI is InChI=1S/C7H14N2O4/c1-9(2)7(12)8-4-5(10)6(11)13-3/h5,10H,4H2,1-3H3,(H,8,12). The Morgan fingerprint density at radius 2 is 2.08 bits per heavy atom.